The molecule has 106 valence electrons. The second kappa shape index (κ2) is 6.73. The van der Waals surface area contributed by atoms with Gasteiger partial charge >= 0.3 is 0 Å². The highest BCUT2D eigenvalue weighted by molar-refractivity contribution is 6.31. The fourth-order valence-corrected chi connectivity index (χ4v) is 2.12. The number of rotatable bonds is 5. The van der Waals surface area contributed by atoms with Crippen molar-refractivity contribution in [3.63, 3.8) is 0 Å². The zero-order valence-electron chi connectivity index (χ0n) is 11.3. The monoisotopic (exact) mass is 293 g/mol. The van der Waals surface area contributed by atoms with Crippen molar-refractivity contribution >= 4 is 11.6 Å². The zero-order valence-corrected chi connectivity index (χ0v) is 12.0. The van der Waals surface area contributed by atoms with E-state index in [-0.39, 0.29) is 18.5 Å². The number of halogens is 2. The molecule has 0 radical (unpaired) electrons. The van der Waals surface area contributed by atoms with Gasteiger partial charge in [0.05, 0.1) is 0 Å². The second-order valence-corrected chi connectivity index (χ2v) is 4.98. The van der Waals surface area contributed by atoms with Crippen LogP contribution in [0.2, 0.25) is 5.02 Å². The van der Waals surface area contributed by atoms with Crippen molar-refractivity contribution in [2.45, 2.75) is 26.0 Å². The minimum Gasteiger partial charge on any atom is -0.489 e. The molecule has 4 heteroatoms. The third-order valence-electron chi connectivity index (χ3n) is 3.15. The highest BCUT2D eigenvalue weighted by Gasteiger charge is 2.11. The number of hydrogen-bond donors (Lipinski definition) is 1. The Labute approximate surface area is 123 Å². The van der Waals surface area contributed by atoms with Crippen molar-refractivity contribution in [2.75, 3.05) is 0 Å². The molecule has 2 nitrogen and oxygen atoms in total. The maximum Gasteiger partial charge on any atom is 0.124 e. The molecule has 1 atom stereocenters. The topological polar surface area (TPSA) is 35.2 Å². The van der Waals surface area contributed by atoms with E-state index in [0.29, 0.717) is 16.3 Å². The molecular formula is C16H17ClFNO. The average molecular weight is 294 g/mol. The summed E-state index contributed by atoms with van der Waals surface area (Å²) in [5.41, 5.74) is 7.62. The van der Waals surface area contributed by atoms with E-state index in [9.17, 15) is 4.39 Å². The summed E-state index contributed by atoms with van der Waals surface area (Å²) in [6, 6.07) is 11.8. The number of para-hydroxylation sites is 1. The molecule has 2 aromatic carbocycles. The lowest BCUT2D eigenvalue weighted by Gasteiger charge is -2.16. The van der Waals surface area contributed by atoms with Crippen LogP contribution in [-0.4, -0.2) is 0 Å². The Bertz CT molecular complexity index is 588. The van der Waals surface area contributed by atoms with Gasteiger partial charge in [0.15, 0.2) is 0 Å². The van der Waals surface area contributed by atoms with Crippen molar-refractivity contribution in [2.24, 2.45) is 5.73 Å². The van der Waals surface area contributed by atoms with Crippen LogP contribution in [0.1, 0.15) is 30.5 Å². The van der Waals surface area contributed by atoms with Gasteiger partial charge in [-0.15, -0.1) is 0 Å². The van der Waals surface area contributed by atoms with Gasteiger partial charge in [-0.05, 0) is 30.7 Å². The van der Waals surface area contributed by atoms with E-state index in [1.54, 1.807) is 0 Å². The summed E-state index contributed by atoms with van der Waals surface area (Å²) in [6.45, 7) is 2.23. The molecule has 1 unspecified atom stereocenters. The van der Waals surface area contributed by atoms with Gasteiger partial charge in [0.2, 0.25) is 0 Å². The first-order valence-electron chi connectivity index (χ1n) is 6.53. The maximum atomic E-state index is 13.2. The van der Waals surface area contributed by atoms with Gasteiger partial charge in [-0.2, -0.15) is 0 Å². The lowest BCUT2D eigenvalue weighted by molar-refractivity contribution is 0.300. The molecule has 0 bridgehead atoms. The van der Waals surface area contributed by atoms with E-state index in [0.717, 1.165) is 12.0 Å². The first-order valence-corrected chi connectivity index (χ1v) is 6.91. The molecule has 0 amide bonds. The van der Waals surface area contributed by atoms with Crippen LogP contribution in [0, 0.1) is 5.82 Å². The fraction of sp³-hybridized carbons (Fsp3) is 0.250. The average Bonchev–Trinajstić information content (AvgIpc) is 2.47. The van der Waals surface area contributed by atoms with E-state index < -0.39 is 0 Å². The lowest BCUT2D eigenvalue weighted by Crippen LogP contribution is -2.10. The van der Waals surface area contributed by atoms with Crippen molar-refractivity contribution < 1.29 is 9.13 Å². The summed E-state index contributed by atoms with van der Waals surface area (Å²) in [4.78, 5) is 0. The van der Waals surface area contributed by atoms with E-state index >= 15 is 0 Å². The molecule has 0 heterocycles. The van der Waals surface area contributed by atoms with Crippen LogP contribution < -0.4 is 10.5 Å². The Morgan fingerprint density at radius 3 is 2.75 bits per heavy atom. The Morgan fingerprint density at radius 2 is 2.00 bits per heavy atom. The van der Waals surface area contributed by atoms with Crippen LogP contribution in [0.5, 0.6) is 5.75 Å². The summed E-state index contributed by atoms with van der Waals surface area (Å²) in [5, 5.41) is 0.490. The van der Waals surface area contributed by atoms with Gasteiger partial charge in [0.25, 0.3) is 0 Å². The quantitative estimate of drug-likeness (QED) is 0.883. The molecule has 0 saturated heterocycles. The van der Waals surface area contributed by atoms with Crippen LogP contribution in [0.25, 0.3) is 0 Å². The van der Waals surface area contributed by atoms with E-state index in [4.69, 9.17) is 22.1 Å². The van der Waals surface area contributed by atoms with Gasteiger partial charge in [0, 0.05) is 22.2 Å². The van der Waals surface area contributed by atoms with Crippen molar-refractivity contribution in [1.29, 1.82) is 0 Å². The minimum absolute atomic E-state index is 0.0748. The van der Waals surface area contributed by atoms with Crippen LogP contribution in [0.3, 0.4) is 0 Å². The van der Waals surface area contributed by atoms with Crippen LogP contribution >= 0.6 is 11.6 Å². The molecule has 0 saturated carbocycles. The van der Waals surface area contributed by atoms with Crippen LogP contribution in [0.4, 0.5) is 4.39 Å². The number of hydrogen-bond acceptors (Lipinski definition) is 2. The highest BCUT2D eigenvalue weighted by atomic mass is 35.5. The SMILES string of the molecule is CCC(N)c1ccccc1OCc1cc(F)ccc1Cl. The summed E-state index contributed by atoms with van der Waals surface area (Å²) < 4.78 is 19.0. The van der Waals surface area contributed by atoms with Crippen LogP contribution in [0.15, 0.2) is 42.5 Å². The first-order chi connectivity index (χ1) is 9.61. The third-order valence-corrected chi connectivity index (χ3v) is 3.52. The largest absolute Gasteiger partial charge is 0.489 e. The Morgan fingerprint density at radius 1 is 1.25 bits per heavy atom. The number of nitrogens with two attached hydrogens (primary N) is 1. The molecule has 0 aliphatic heterocycles. The van der Waals surface area contributed by atoms with Gasteiger partial charge < -0.3 is 10.5 Å². The standard InChI is InChI=1S/C16H17ClFNO/c1-2-15(19)13-5-3-4-6-16(13)20-10-11-9-12(18)7-8-14(11)17/h3-9,15H,2,10,19H2,1H3. The molecule has 0 aromatic heterocycles. The fourth-order valence-electron chi connectivity index (χ4n) is 1.95. The van der Waals surface area contributed by atoms with Gasteiger partial charge in [-0.25, -0.2) is 4.39 Å². The summed E-state index contributed by atoms with van der Waals surface area (Å²) in [7, 11) is 0. The summed E-state index contributed by atoms with van der Waals surface area (Å²) in [6.07, 6.45) is 0.821. The maximum absolute atomic E-state index is 13.2. The number of benzene rings is 2. The minimum atomic E-state index is -0.327. The van der Waals surface area contributed by atoms with Gasteiger partial charge in [0.1, 0.15) is 18.2 Å². The van der Waals surface area contributed by atoms with E-state index in [1.165, 1.54) is 18.2 Å². The second-order valence-electron chi connectivity index (χ2n) is 4.58. The molecule has 0 fully saturated rings. The molecule has 2 rings (SSSR count). The molecule has 2 N–H and O–H groups in total. The highest BCUT2D eigenvalue weighted by Crippen LogP contribution is 2.27. The molecular weight excluding hydrogens is 277 g/mol. The first kappa shape index (κ1) is 14.8. The summed E-state index contributed by atoms with van der Waals surface area (Å²) >= 11 is 6.02. The van der Waals surface area contributed by atoms with Crippen LogP contribution in [-0.2, 0) is 6.61 Å². The van der Waals surface area contributed by atoms with Gasteiger partial charge in [-0.3, -0.25) is 0 Å². The molecule has 0 aliphatic carbocycles. The summed E-state index contributed by atoms with van der Waals surface area (Å²) in [5.74, 6) is 0.383. The predicted octanol–water partition coefficient (Wildman–Crippen LogP) is 4.47. The molecule has 0 spiro atoms. The third kappa shape index (κ3) is 3.50. The Balaban J connectivity index is 2.17. The molecule has 0 aliphatic rings. The Kier molecular flexibility index (Phi) is 4.99. The normalized spacial score (nSPS) is 12.2. The van der Waals surface area contributed by atoms with E-state index in [1.807, 2.05) is 31.2 Å². The van der Waals surface area contributed by atoms with Crippen molar-refractivity contribution in [3.8, 4) is 5.75 Å². The predicted molar refractivity (Wildman–Crippen MR) is 79.4 cm³/mol. The lowest BCUT2D eigenvalue weighted by atomic mass is 10.0. The van der Waals surface area contributed by atoms with Gasteiger partial charge in [-0.1, -0.05) is 36.7 Å². The molecule has 2 aromatic rings. The zero-order chi connectivity index (χ0) is 14.5. The van der Waals surface area contributed by atoms with E-state index in [2.05, 4.69) is 0 Å². The number of ether oxygens (including phenoxy) is 1. The molecule has 20 heavy (non-hydrogen) atoms. The smallest absolute Gasteiger partial charge is 0.124 e. The van der Waals surface area contributed by atoms with Crippen molar-refractivity contribution in [1.82, 2.24) is 0 Å². The Hall–Kier alpha value is -1.58. The van der Waals surface area contributed by atoms with Crippen molar-refractivity contribution in [3.05, 3.63) is 64.4 Å².